The van der Waals surface area contributed by atoms with E-state index in [4.69, 9.17) is 0 Å². The largest absolute Gasteiger partial charge is 0.339 e. The lowest BCUT2D eigenvalue weighted by atomic mass is 9.82. The van der Waals surface area contributed by atoms with Gasteiger partial charge in [-0.3, -0.25) is 0 Å². The van der Waals surface area contributed by atoms with E-state index in [0.717, 1.165) is 18.0 Å². The molecule has 98 valence electrons. The minimum Gasteiger partial charge on any atom is -0.339 e. The van der Waals surface area contributed by atoms with Gasteiger partial charge in [-0.25, -0.2) is 4.98 Å². The average Bonchev–Trinajstić information content (AvgIpc) is 2.38. The summed E-state index contributed by atoms with van der Waals surface area (Å²) in [5.41, 5.74) is 0. The fourth-order valence-electron chi connectivity index (χ4n) is 3.47. The lowest BCUT2D eigenvalue weighted by Gasteiger charge is -2.49. The van der Waals surface area contributed by atoms with Crippen LogP contribution in [0.3, 0.4) is 0 Å². The fourth-order valence-corrected chi connectivity index (χ4v) is 3.47. The van der Waals surface area contributed by atoms with Crippen molar-refractivity contribution >= 4 is 5.95 Å². The third-order valence-corrected chi connectivity index (χ3v) is 4.65. The smallest absolute Gasteiger partial charge is 0.245 e. The topological polar surface area (TPSA) is 45.2 Å². The Hall–Kier alpha value is -1.23. The van der Waals surface area contributed by atoms with E-state index in [1.165, 1.54) is 32.1 Å². The van der Waals surface area contributed by atoms with Gasteiger partial charge in [0.2, 0.25) is 5.95 Å². The molecule has 0 spiro atoms. The number of hydrogen-bond donors (Lipinski definition) is 0. The van der Waals surface area contributed by atoms with Crippen molar-refractivity contribution in [2.45, 2.75) is 50.2 Å². The maximum atomic E-state index is 4.31. The summed E-state index contributed by atoms with van der Waals surface area (Å²) >= 11 is 0. The third-order valence-electron chi connectivity index (χ3n) is 4.65. The lowest BCUT2D eigenvalue weighted by molar-refractivity contribution is 0.0556. The van der Waals surface area contributed by atoms with Crippen molar-refractivity contribution in [1.82, 2.24) is 20.1 Å². The number of nitrogens with zero attached hydrogens (tertiary/aromatic N) is 5. The number of anilines is 1. The molecule has 3 atom stereocenters. The molecule has 0 saturated carbocycles. The molecule has 0 aromatic carbocycles. The number of fused-ring (bicyclic) bond motifs is 2. The normalized spacial score (nSPS) is 32.2. The highest BCUT2D eigenvalue weighted by Gasteiger charge is 2.37. The van der Waals surface area contributed by atoms with Crippen LogP contribution in [0.1, 0.15) is 32.1 Å². The minimum atomic E-state index is 0.556. The Balaban J connectivity index is 1.74. The van der Waals surface area contributed by atoms with Crippen LogP contribution >= 0.6 is 0 Å². The van der Waals surface area contributed by atoms with Gasteiger partial charge in [0.25, 0.3) is 0 Å². The molecule has 18 heavy (non-hydrogen) atoms. The number of aromatic nitrogens is 3. The van der Waals surface area contributed by atoms with Gasteiger partial charge in [0.15, 0.2) is 0 Å². The van der Waals surface area contributed by atoms with Gasteiger partial charge in [0.05, 0.1) is 12.4 Å². The van der Waals surface area contributed by atoms with Crippen molar-refractivity contribution in [3.05, 3.63) is 12.4 Å². The molecule has 2 aliphatic rings. The molecule has 0 radical (unpaired) electrons. The molecule has 1 aromatic heterocycles. The summed E-state index contributed by atoms with van der Waals surface area (Å²) in [6.07, 6.45) is 9.86. The Morgan fingerprint density at radius 3 is 2.56 bits per heavy atom. The number of rotatable bonds is 2. The Morgan fingerprint density at radius 1 is 1.22 bits per heavy atom. The molecule has 5 heteroatoms. The predicted octanol–water partition coefficient (Wildman–Crippen LogP) is 1.32. The van der Waals surface area contributed by atoms with Gasteiger partial charge in [-0.2, -0.15) is 5.10 Å². The second-order valence-electron chi connectivity index (χ2n) is 5.58. The highest BCUT2D eigenvalue weighted by Crippen LogP contribution is 2.34. The first-order valence-electron chi connectivity index (χ1n) is 6.84. The van der Waals surface area contributed by atoms with Crippen molar-refractivity contribution in [2.75, 3.05) is 19.0 Å². The van der Waals surface area contributed by atoms with E-state index < -0.39 is 0 Å². The number of hydrogen-bond acceptors (Lipinski definition) is 5. The fraction of sp³-hybridized carbons (Fsp3) is 0.769. The second kappa shape index (κ2) is 4.80. The Bertz CT molecular complexity index is 382. The summed E-state index contributed by atoms with van der Waals surface area (Å²) in [6, 6.07) is 2.03. The van der Waals surface area contributed by atoms with Gasteiger partial charge in [-0.15, -0.1) is 5.10 Å². The van der Waals surface area contributed by atoms with Crippen LogP contribution in [0.4, 0.5) is 5.95 Å². The van der Waals surface area contributed by atoms with Crippen molar-refractivity contribution in [3.8, 4) is 0 Å². The van der Waals surface area contributed by atoms with E-state index >= 15 is 0 Å². The summed E-state index contributed by atoms with van der Waals surface area (Å²) in [5.74, 6) is 0.755. The molecule has 2 bridgehead atoms. The van der Waals surface area contributed by atoms with Crippen LogP contribution in [0.25, 0.3) is 0 Å². The highest BCUT2D eigenvalue weighted by molar-refractivity contribution is 5.28. The van der Waals surface area contributed by atoms with E-state index in [0.29, 0.717) is 6.04 Å². The molecule has 2 saturated heterocycles. The van der Waals surface area contributed by atoms with Gasteiger partial charge in [-0.05, 0) is 32.7 Å². The van der Waals surface area contributed by atoms with Gasteiger partial charge in [0.1, 0.15) is 0 Å². The first-order valence-corrected chi connectivity index (χ1v) is 6.84. The zero-order valence-electron chi connectivity index (χ0n) is 11.2. The molecule has 5 nitrogen and oxygen atoms in total. The lowest BCUT2D eigenvalue weighted by Crippen LogP contribution is -2.55. The molecule has 2 aliphatic heterocycles. The molecule has 0 aliphatic carbocycles. The molecular weight excluding hydrogens is 226 g/mol. The SMILES string of the molecule is CN(c1nccnn1)C1C[C@H]2CCC[C@@H](C1)N2C. The van der Waals surface area contributed by atoms with Gasteiger partial charge >= 0.3 is 0 Å². The molecule has 0 amide bonds. The maximum Gasteiger partial charge on any atom is 0.245 e. The van der Waals surface area contributed by atoms with Gasteiger partial charge in [0, 0.05) is 25.2 Å². The summed E-state index contributed by atoms with van der Waals surface area (Å²) < 4.78 is 0. The van der Waals surface area contributed by atoms with E-state index in [1.807, 2.05) is 0 Å². The zero-order chi connectivity index (χ0) is 12.5. The van der Waals surface area contributed by atoms with Crippen molar-refractivity contribution in [3.63, 3.8) is 0 Å². The van der Waals surface area contributed by atoms with Crippen LogP contribution in [0, 0.1) is 0 Å². The second-order valence-corrected chi connectivity index (χ2v) is 5.58. The van der Waals surface area contributed by atoms with Gasteiger partial charge < -0.3 is 9.80 Å². The Labute approximate surface area is 108 Å². The third kappa shape index (κ3) is 2.07. The Kier molecular flexibility index (Phi) is 3.16. The van der Waals surface area contributed by atoms with Crippen LogP contribution in [0.2, 0.25) is 0 Å². The monoisotopic (exact) mass is 247 g/mol. The zero-order valence-corrected chi connectivity index (χ0v) is 11.2. The van der Waals surface area contributed by atoms with Crippen LogP contribution in [-0.4, -0.2) is 52.3 Å². The van der Waals surface area contributed by atoms with Crippen molar-refractivity contribution in [2.24, 2.45) is 0 Å². The molecule has 0 N–H and O–H groups in total. The van der Waals surface area contributed by atoms with E-state index in [9.17, 15) is 0 Å². The number of piperidine rings is 2. The van der Waals surface area contributed by atoms with E-state index in [2.05, 4.69) is 39.1 Å². The van der Waals surface area contributed by atoms with E-state index in [-0.39, 0.29) is 0 Å². The summed E-state index contributed by atoms with van der Waals surface area (Å²) in [5, 5.41) is 8.04. The van der Waals surface area contributed by atoms with Crippen LogP contribution in [0.5, 0.6) is 0 Å². The minimum absolute atomic E-state index is 0.556. The Morgan fingerprint density at radius 2 is 1.94 bits per heavy atom. The van der Waals surface area contributed by atoms with Crippen LogP contribution < -0.4 is 4.90 Å². The van der Waals surface area contributed by atoms with E-state index in [1.54, 1.807) is 12.4 Å². The molecule has 1 unspecified atom stereocenters. The predicted molar refractivity (Wildman–Crippen MR) is 70.4 cm³/mol. The summed E-state index contributed by atoms with van der Waals surface area (Å²) in [7, 11) is 4.38. The molecular formula is C13H21N5. The molecule has 1 aromatic rings. The van der Waals surface area contributed by atoms with Crippen molar-refractivity contribution in [1.29, 1.82) is 0 Å². The van der Waals surface area contributed by atoms with Crippen LogP contribution in [0.15, 0.2) is 12.4 Å². The average molecular weight is 247 g/mol. The molecule has 2 fully saturated rings. The first-order chi connectivity index (χ1) is 8.75. The van der Waals surface area contributed by atoms with Crippen LogP contribution in [-0.2, 0) is 0 Å². The highest BCUT2D eigenvalue weighted by atomic mass is 15.3. The summed E-state index contributed by atoms with van der Waals surface area (Å²) in [6.45, 7) is 0. The molecule has 3 rings (SSSR count). The first kappa shape index (κ1) is 11.8. The van der Waals surface area contributed by atoms with Gasteiger partial charge in [-0.1, -0.05) is 6.42 Å². The summed E-state index contributed by atoms with van der Waals surface area (Å²) in [4.78, 5) is 9.10. The standard InChI is InChI=1S/C13H21N5/c1-17-10-4-3-5-11(17)9-12(8-10)18(2)13-14-6-7-15-16-13/h6-7,10-12H,3-5,8-9H2,1-2H3/t10-,11+,12?. The quantitative estimate of drug-likeness (QED) is 0.789. The van der Waals surface area contributed by atoms with Crippen molar-refractivity contribution < 1.29 is 0 Å². The molecule has 3 heterocycles. The maximum absolute atomic E-state index is 4.31.